The highest BCUT2D eigenvalue weighted by Gasteiger charge is 2.38. The number of carbonyl (C=O) groups is 1. The summed E-state index contributed by atoms with van der Waals surface area (Å²) < 4.78 is 30.2. The molecular weight excluding hydrogens is 410 g/mol. The summed E-state index contributed by atoms with van der Waals surface area (Å²) in [5, 5.41) is 7.10. The van der Waals surface area contributed by atoms with Crippen molar-refractivity contribution in [1.82, 2.24) is 19.1 Å². The standard InChI is InChI=1S/C19H23N5O3S2/c1-12-8-14(19(25)21-15-4-5-17-16(9-15)20-11-28-17)6-7-24(12)29(26,27)18-10-23(3)22-13(18)2/h4-5,9-12,14H,6-8H2,1-3H3,(H,21,25). The number of nitrogens with one attached hydrogen (secondary N) is 1. The van der Waals surface area contributed by atoms with E-state index in [1.807, 2.05) is 25.1 Å². The fraction of sp³-hybridized carbons (Fsp3) is 0.421. The molecule has 3 heterocycles. The van der Waals surface area contributed by atoms with Crippen LogP contribution in [0.3, 0.4) is 0 Å². The highest BCUT2D eigenvalue weighted by Crippen LogP contribution is 2.30. The number of carbonyl (C=O) groups excluding carboxylic acids is 1. The molecule has 1 aliphatic heterocycles. The van der Waals surface area contributed by atoms with Crippen LogP contribution in [0, 0.1) is 12.8 Å². The zero-order valence-corrected chi connectivity index (χ0v) is 18.1. The Labute approximate surface area is 173 Å². The molecule has 3 aromatic rings. The molecule has 1 fully saturated rings. The van der Waals surface area contributed by atoms with Crippen LogP contribution in [0.4, 0.5) is 5.69 Å². The largest absolute Gasteiger partial charge is 0.326 e. The number of nitrogens with zero attached hydrogens (tertiary/aromatic N) is 4. The summed E-state index contributed by atoms with van der Waals surface area (Å²) in [7, 11) is -1.93. The second kappa shape index (κ2) is 7.51. The van der Waals surface area contributed by atoms with Crippen LogP contribution >= 0.6 is 11.3 Å². The molecule has 1 aliphatic rings. The minimum Gasteiger partial charge on any atom is -0.326 e. The number of benzene rings is 1. The Bertz CT molecular complexity index is 1170. The van der Waals surface area contributed by atoms with Crippen molar-refractivity contribution in [3.05, 3.63) is 35.6 Å². The molecule has 4 rings (SSSR count). The van der Waals surface area contributed by atoms with Gasteiger partial charge in [-0.15, -0.1) is 11.3 Å². The predicted octanol–water partition coefficient (Wildman–Crippen LogP) is 2.77. The molecule has 29 heavy (non-hydrogen) atoms. The third-order valence-corrected chi connectivity index (χ3v) is 8.27. The summed E-state index contributed by atoms with van der Waals surface area (Å²) in [6.45, 7) is 3.85. The second-order valence-corrected chi connectivity index (χ2v) is 10.2. The van der Waals surface area contributed by atoms with Gasteiger partial charge in [-0.25, -0.2) is 13.4 Å². The fourth-order valence-electron chi connectivity index (χ4n) is 3.88. The Hall–Kier alpha value is -2.30. The maximum absolute atomic E-state index is 13.1. The first-order valence-corrected chi connectivity index (χ1v) is 11.7. The van der Waals surface area contributed by atoms with Crippen LogP contribution in [0.15, 0.2) is 34.8 Å². The Morgan fingerprint density at radius 1 is 1.34 bits per heavy atom. The van der Waals surface area contributed by atoms with Crippen molar-refractivity contribution >= 4 is 43.2 Å². The Balaban J connectivity index is 1.45. The van der Waals surface area contributed by atoms with Crippen molar-refractivity contribution in [2.24, 2.45) is 13.0 Å². The van der Waals surface area contributed by atoms with Crippen LogP contribution < -0.4 is 5.32 Å². The lowest BCUT2D eigenvalue weighted by atomic mass is 9.92. The zero-order valence-electron chi connectivity index (χ0n) is 16.5. The van der Waals surface area contributed by atoms with Gasteiger partial charge >= 0.3 is 0 Å². The molecule has 154 valence electrons. The number of hydrogen-bond donors (Lipinski definition) is 1. The molecule has 0 bridgehead atoms. The van der Waals surface area contributed by atoms with Crippen molar-refractivity contribution in [1.29, 1.82) is 0 Å². The van der Waals surface area contributed by atoms with Gasteiger partial charge < -0.3 is 5.32 Å². The quantitative estimate of drug-likeness (QED) is 0.682. The fourth-order valence-corrected chi connectivity index (χ4v) is 6.40. The number of piperidine rings is 1. The van der Waals surface area contributed by atoms with E-state index in [9.17, 15) is 13.2 Å². The summed E-state index contributed by atoms with van der Waals surface area (Å²) in [6, 6.07) is 5.39. The Morgan fingerprint density at radius 3 is 2.83 bits per heavy atom. The van der Waals surface area contributed by atoms with E-state index in [4.69, 9.17) is 0 Å². The second-order valence-electron chi connectivity index (χ2n) is 7.46. The zero-order chi connectivity index (χ0) is 20.8. The minimum atomic E-state index is -3.64. The van der Waals surface area contributed by atoms with Gasteiger partial charge in [-0.05, 0) is 44.9 Å². The highest BCUT2D eigenvalue weighted by molar-refractivity contribution is 7.89. The van der Waals surface area contributed by atoms with Gasteiger partial charge in [0.1, 0.15) is 4.90 Å². The molecule has 0 radical (unpaired) electrons. The van der Waals surface area contributed by atoms with Crippen LogP contribution in [-0.4, -0.2) is 46.0 Å². The van der Waals surface area contributed by atoms with Crippen LogP contribution in [0.5, 0.6) is 0 Å². The number of sulfonamides is 1. The lowest BCUT2D eigenvalue weighted by Gasteiger charge is -2.35. The SMILES string of the molecule is Cc1nn(C)cc1S(=O)(=O)N1CCC(C(=O)Nc2ccc3scnc3c2)CC1C. The number of thiazole rings is 1. The van der Waals surface area contributed by atoms with Gasteiger partial charge in [0.15, 0.2) is 0 Å². The summed E-state index contributed by atoms with van der Waals surface area (Å²) in [5.74, 6) is -0.321. The minimum absolute atomic E-state index is 0.0824. The van der Waals surface area contributed by atoms with E-state index in [2.05, 4.69) is 15.4 Å². The van der Waals surface area contributed by atoms with Gasteiger partial charge in [0, 0.05) is 37.4 Å². The van der Waals surface area contributed by atoms with Gasteiger partial charge in [0.05, 0.1) is 21.4 Å². The number of rotatable bonds is 4. The van der Waals surface area contributed by atoms with Gasteiger partial charge in [-0.3, -0.25) is 9.48 Å². The first kappa shape index (κ1) is 20.0. The normalized spacial score (nSPS) is 20.8. The van der Waals surface area contributed by atoms with Crippen LogP contribution in [0.25, 0.3) is 10.2 Å². The molecule has 8 nitrogen and oxygen atoms in total. The molecule has 2 atom stereocenters. The molecule has 1 amide bonds. The summed E-state index contributed by atoms with van der Waals surface area (Å²) in [4.78, 5) is 17.3. The first-order chi connectivity index (χ1) is 13.8. The molecule has 1 aromatic carbocycles. The van der Waals surface area contributed by atoms with E-state index >= 15 is 0 Å². The third-order valence-electron chi connectivity index (χ3n) is 5.34. The lowest BCUT2D eigenvalue weighted by molar-refractivity contribution is -0.121. The maximum Gasteiger partial charge on any atom is 0.246 e. The van der Waals surface area contributed by atoms with Crippen LogP contribution in [0.1, 0.15) is 25.5 Å². The molecule has 10 heteroatoms. The van der Waals surface area contributed by atoms with E-state index in [0.717, 1.165) is 10.2 Å². The number of amides is 1. The average molecular weight is 434 g/mol. The summed E-state index contributed by atoms with van der Waals surface area (Å²) in [6.07, 6.45) is 2.49. The lowest BCUT2D eigenvalue weighted by Crippen LogP contribution is -2.46. The first-order valence-electron chi connectivity index (χ1n) is 9.42. The van der Waals surface area contributed by atoms with E-state index in [1.54, 1.807) is 30.8 Å². The monoisotopic (exact) mass is 433 g/mol. The number of fused-ring (bicyclic) bond motifs is 1. The molecule has 1 N–H and O–H groups in total. The maximum atomic E-state index is 13.1. The van der Waals surface area contributed by atoms with E-state index in [-0.39, 0.29) is 22.8 Å². The van der Waals surface area contributed by atoms with Crippen molar-refractivity contribution in [3.63, 3.8) is 0 Å². The number of aryl methyl sites for hydroxylation is 2. The average Bonchev–Trinajstić information content (AvgIpc) is 3.26. The van der Waals surface area contributed by atoms with Crippen molar-refractivity contribution in [2.75, 3.05) is 11.9 Å². The topological polar surface area (TPSA) is 97.2 Å². The molecule has 2 aromatic heterocycles. The molecular formula is C19H23N5O3S2. The van der Waals surface area contributed by atoms with Gasteiger partial charge in [-0.1, -0.05) is 0 Å². The number of anilines is 1. The molecule has 0 saturated carbocycles. The van der Waals surface area contributed by atoms with E-state index < -0.39 is 10.0 Å². The van der Waals surface area contributed by atoms with Crippen molar-refractivity contribution in [2.45, 2.75) is 37.6 Å². The highest BCUT2D eigenvalue weighted by atomic mass is 32.2. The number of hydrogen-bond acceptors (Lipinski definition) is 6. The summed E-state index contributed by atoms with van der Waals surface area (Å²) in [5.41, 5.74) is 3.82. The van der Waals surface area contributed by atoms with Crippen molar-refractivity contribution < 1.29 is 13.2 Å². The van der Waals surface area contributed by atoms with E-state index in [1.165, 1.54) is 15.2 Å². The van der Waals surface area contributed by atoms with Gasteiger partial charge in [0.25, 0.3) is 0 Å². The Morgan fingerprint density at radius 2 is 2.14 bits per heavy atom. The van der Waals surface area contributed by atoms with Gasteiger partial charge in [0.2, 0.25) is 15.9 Å². The molecule has 0 aliphatic carbocycles. The summed E-state index contributed by atoms with van der Waals surface area (Å²) >= 11 is 1.55. The Kier molecular flexibility index (Phi) is 5.18. The number of aromatic nitrogens is 3. The molecule has 0 spiro atoms. The van der Waals surface area contributed by atoms with Crippen LogP contribution in [-0.2, 0) is 21.9 Å². The smallest absolute Gasteiger partial charge is 0.246 e. The molecule has 1 saturated heterocycles. The van der Waals surface area contributed by atoms with Crippen molar-refractivity contribution in [3.8, 4) is 0 Å². The molecule has 2 unspecified atom stereocenters. The predicted molar refractivity (Wildman–Crippen MR) is 112 cm³/mol. The third kappa shape index (κ3) is 3.79. The van der Waals surface area contributed by atoms with Gasteiger partial charge in [-0.2, -0.15) is 9.40 Å². The van der Waals surface area contributed by atoms with Crippen LogP contribution in [0.2, 0.25) is 0 Å². The van der Waals surface area contributed by atoms with E-state index in [0.29, 0.717) is 30.8 Å².